The van der Waals surface area contributed by atoms with Crippen molar-refractivity contribution in [3.05, 3.63) is 46.5 Å². The van der Waals surface area contributed by atoms with Crippen LogP contribution in [0.1, 0.15) is 10.4 Å². The second-order valence-electron chi connectivity index (χ2n) is 4.00. The molecule has 0 spiro atoms. The summed E-state index contributed by atoms with van der Waals surface area (Å²) in [5, 5.41) is 10.7. The largest absolute Gasteiger partial charge is 0.465 e. The molecule has 8 nitrogen and oxygen atoms in total. The minimum atomic E-state index is -3.99. The second-order valence-corrected chi connectivity index (χ2v) is 6.02. The van der Waals surface area contributed by atoms with Crippen LogP contribution in [-0.2, 0) is 14.8 Å². The van der Waals surface area contributed by atoms with Crippen molar-refractivity contribution in [1.29, 1.82) is 0 Å². The first-order chi connectivity index (χ1) is 9.75. The number of benzene rings is 1. The van der Waals surface area contributed by atoms with E-state index in [1.165, 1.54) is 13.1 Å². The van der Waals surface area contributed by atoms with Gasteiger partial charge in [-0.1, -0.05) is 6.08 Å². The smallest absolute Gasteiger partial charge is 0.339 e. The van der Waals surface area contributed by atoms with Crippen LogP contribution in [-0.4, -0.2) is 44.3 Å². The van der Waals surface area contributed by atoms with Crippen LogP contribution >= 0.6 is 0 Å². The average molecular weight is 314 g/mol. The summed E-state index contributed by atoms with van der Waals surface area (Å²) in [6.45, 7) is 3.46. The lowest BCUT2D eigenvalue weighted by atomic mass is 10.2. The molecular weight excluding hydrogens is 300 g/mol. The van der Waals surface area contributed by atoms with Crippen molar-refractivity contribution in [2.45, 2.75) is 4.90 Å². The van der Waals surface area contributed by atoms with E-state index in [1.54, 1.807) is 0 Å². The number of hydrogen-bond acceptors (Lipinski definition) is 6. The Morgan fingerprint density at radius 2 is 2.14 bits per heavy atom. The average Bonchev–Trinajstić information content (AvgIpc) is 2.45. The highest BCUT2D eigenvalue weighted by Gasteiger charge is 2.28. The molecule has 0 atom stereocenters. The fourth-order valence-corrected chi connectivity index (χ4v) is 2.87. The Morgan fingerprint density at radius 1 is 1.52 bits per heavy atom. The van der Waals surface area contributed by atoms with E-state index in [0.29, 0.717) is 0 Å². The Morgan fingerprint density at radius 3 is 2.62 bits per heavy atom. The lowest BCUT2D eigenvalue weighted by molar-refractivity contribution is -0.384. The summed E-state index contributed by atoms with van der Waals surface area (Å²) < 4.78 is 30.1. The van der Waals surface area contributed by atoms with E-state index in [-0.39, 0.29) is 17.0 Å². The monoisotopic (exact) mass is 314 g/mol. The molecule has 1 aromatic rings. The summed E-state index contributed by atoms with van der Waals surface area (Å²) in [5.41, 5.74) is -0.789. The number of sulfonamides is 1. The minimum absolute atomic E-state index is 0.0277. The number of esters is 1. The molecule has 1 aromatic carbocycles. The van der Waals surface area contributed by atoms with Gasteiger partial charge in [0.1, 0.15) is 0 Å². The molecule has 1 rings (SSSR count). The first kappa shape index (κ1) is 16.8. The van der Waals surface area contributed by atoms with E-state index in [2.05, 4.69) is 11.3 Å². The lowest BCUT2D eigenvalue weighted by Crippen LogP contribution is -2.28. The maximum atomic E-state index is 12.3. The van der Waals surface area contributed by atoms with Gasteiger partial charge in [-0.25, -0.2) is 13.2 Å². The van der Waals surface area contributed by atoms with Crippen molar-refractivity contribution in [2.75, 3.05) is 20.7 Å². The van der Waals surface area contributed by atoms with Gasteiger partial charge >= 0.3 is 5.97 Å². The molecule has 0 aliphatic carbocycles. The number of non-ortho nitro benzene ring substituents is 1. The molecule has 0 fully saturated rings. The molecule has 21 heavy (non-hydrogen) atoms. The SMILES string of the molecule is C=CCN(C)S(=O)(=O)c1ccc([N+](=O)[O-])cc1C(=O)OC. The van der Waals surface area contributed by atoms with E-state index >= 15 is 0 Å². The van der Waals surface area contributed by atoms with E-state index in [4.69, 9.17) is 0 Å². The molecule has 0 heterocycles. The minimum Gasteiger partial charge on any atom is -0.465 e. The van der Waals surface area contributed by atoms with Gasteiger partial charge in [0.05, 0.1) is 22.5 Å². The van der Waals surface area contributed by atoms with E-state index in [0.717, 1.165) is 29.6 Å². The van der Waals surface area contributed by atoms with Gasteiger partial charge in [0.2, 0.25) is 10.0 Å². The van der Waals surface area contributed by atoms with Crippen molar-refractivity contribution < 1.29 is 22.9 Å². The zero-order chi connectivity index (χ0) is 16.2. The number of rotatable bonds is 6. The van der Waals surface area contributed by atoms with Gasteiger partial charge in [0.25, 0.3) is 5.69 Å². The second kappa shape index (κ2) is 6.46. The molecule has 0 amide bonds. The van der Waals surface area contributed by atoms with Crippen molar-refractivity contribution >= 4 is 21.7 Å². The number of nitrogens with zero attached hydrogens (tertiary/aromatic N) is 2. The highest BCUT2D eigenvalue weighted by Crippen LogP contribution is 2.24. The normalized spacial score (nSPS) is 11.2. The zero-order valence-electron chi connectivity index (χ0n) is 11.5. The van der Waals surface area contributed by atoms with E-state index in [1.807, 2.05) is 0 Å². The molecule has 0 aromatic heterocycles. The van der Waals surface area contributed by atoms with Gasteiger partial charge in [0.15, 0.2) is 0 Å². The van der Waals surface area contributed by atoms with Crippen LogP contribution in [0.15, 0.2) is 35.7 Å². The lowest BCUT2D eigenvalue weighted by Gasteiger charge is -2.17. The number of methoxy groups -OCH3 is 1. The Bertz CT molecular complexity index is 683. The molecule has 0 unspecified atom stereocenters. The molecule has 0 aliphatic rings. The van der Waals surface area contributed by atoms with Crippen LogP contribution < -0.4 is 0 Å². The van der Waals surface area contributed by atoms with Crippen LogP contribution in [0.3, 0.4) is 0 Å². The number of carbonyl (C=O) groups is 1. The summed E-state index contributed by atoms with van der Waals surface area (Å²) in [6, 6.07) is 2.90. The van der Waals surface area contributed by atoms with Crippen molar-refractivity contribution in [3.8, 4) is 0 Å². The van der Waals surface area contributed by atoms with Crippen LogP contribution in [0.5, 0.6) is 0 Å². The Hall–Kier alpha value is -2.26. The topological polar surface area (TPSA) is 107 Å². The van der Waals surface area contributed by atoms with Gasteiger partial charge < -0.3 is 4.74 Å². The van der Waals surface area contributed by atoms with Gasteiger partial charge in [-0.2, -0.15) is 4.31 Å². The quantitative estimate of drug-likeness (QED) is 0.338. The van der Waals surface area contributed by atoms with E-state index in [9.17, 15) is 23.3 Å². The molecule has 0 saturated heterocycles. The molecule has 0 N–H and O–H groups in total. The predicted octanol–water partition coefficient (Wildman–Crippen LogP) is 1.19. The van der Waals surface area contributed by atoms with E-state index < -0.39 is 26.6 Å². The first-order valence-electron chi connectivity index (χ1n) is 5.69. The van der Waals surface area contributed by atoms with Gasteiger partial charge in [-0.15, -0.1) is 6.58 Å². The number of hydrogen-bond donors (Lipinski definition) is 0. The van der Waals surface area contributed by atoms with Gasteiger partial charge in [0, 0.05) is 25.7 Å². The highest BCUT2D eigenvalue weighted by atomic mass is 32.2. The maximum Gasteiger partial charge on any atom is 0.339 e. The number of likely N-dealkylation sites (N-methyl/N-ethyl adjacent to an activating group) is 1. The third-order valence-corrected chi connectivity index (χ3v) is 4.54. The molecule has 0 aliphatic heterocycles. The molecule has 0 bridgehead atoms. The molecule has 114 valence electrons. The first-order valence-corrected chi connectivity index (χ1v) is 7.13. The number of ether oxygens (including phenoxy) is 1. The number of carbonyl (C=O) groups excluding carboxylic acids is 1. The molecule has 9 heteroatoms. The number of nitro benzene ring substituents is 1. The Balaban J connectivity index is 3.52. The molecule has 0 saturated carbocycles. The van der Waals surface area contributed by atoms with Crippen molar-refractivity contribution in [3.63, 3.8) is 0 Å². The van der Waals surface area contributed by atoms with Gasteiger partial charge in [-0.05, 0) is 6.07 Å². The highest BCUT2D eigenvalue weighted by molar-refractivity contribution is 7.89. The third kappa shape index (κ3) is 3.44. The fourth-order valence-electron chi connectivity index (χ4n) is 1.57. The predicted molar refractivity (Wildman–Crippen MR) is 74.4 cm³/mol. The summed E-state index contributed by atoms with van der Waals surface area (Å²) in [4.78, 5) is 21.3. The summed E-state index contributed by atoms with van der Waals surface area (Å²) >= 11 is 0. The van der Waals surface area contributed by atoms with Crippen LogP contribution in [0.2, 0.25) is 0 Å². The maximum absolute atomic E-state index is 12.3. The summed E-state index contributed by atoms with van der Waals surface area (Å²) in [6.07, 6.45) is 1.38. The number of nitro groups is 1. The fraction of sp³-hybridized carbons (Fsp3) is 0.250. The zero-order valence-corrected chi connectivity index (χ0v) is 12.3. The van der Waals surface area contributed by atoms with Crippen molar-refractivity contribution in [1.82, 2.24) is 4.31 Å². The van der Waals surface area contributed by atoms with Crippen LogP contribution in [0, 0.1) is 10.1 Å². The molecular formula is C12H14N2O6S. The van der Waals surface area contributed by atoms with Crippen LogP contribution in [0.25, 0.3) is 0 Å². The third-order valence-electron chi connectivity index (χ3n) is 2.65. The Kier molecular flexibility index (Phi) is 5.17. The summed E-state index contributed by atoms with van der Waals surface area (Å²) in [7, 11) is -1.63. The summed E-state index contributed by atoms with van der Waals surface area (Å²) in [5.74, 6) is -0.968. The molecule has 0 radical (unpaired) electrons. The van der Waals surface area contributed by atoms with Gasteiger partial charge in [-0.3, -0.25) is 10.1 Å². The standard InChI is InChI=1S/C12H14N2O6S/c1-4-7-13(2)21(18,19)11-6-5-9(14(16)17)8-10(11)12(15)20-3/h4-6,8H,1,7H2,2-3H3. The van der Waals surface area contributed by atoms with Crippen LogP contribution in [0.4, 0.5) is 5.69 Å². The van der Waals surface area contributed by atoms with Crippen molar-refractivity contribution in [2.24, 2.45) is 0 Å². The Labute approximate surface area is 121 Å².